The van der Waals surface area contributed by atoms with Crippen LogP contribution in [0.4, 0.5) is 0 Å². The Hall–Kier alpha value is -1.35. The molecule has 0 saturated carbocycles. The maximum Gasteiger partial charge on any atom is 0.306 e. The largest absolute Gasteiger partial charge is 0.481 e. The number of nitrogens with one attached hydrogen (secondary N) is 1. The first-order valence-electron chi connectivity index (χ1n) is 6.69. The molecule has 1 heterocycles. The number of aliphatic carboxylic acids is 1. The van der Waals surface area contributed by atoms with Gasteiger partial charge < -0.3 is 10.4 Å². The first-order chi connectivity index (χ1) is 8.66. The average molecular weight is 247 g/mol. The molecule has 2 N–H and O–H groups in total. The lowest BCUT2D eigenvalue weighted by molar-refractivity contribution is -0.141. The molecule has 1 atom stereocenters. The van der Waals surface area contributed by atoms with E-state index in [-0.39, 0.29) is 5.92 Å². The lowest BCUT2D eigenvalue weighted by Crippen LogP contribution is -2.26. The smallest absolute Gasteiger partial charge is 0.306 e. The molecule has 0 spiro atoms. The van der Waals surface area contributed by atoms with Crippen molar-refractivity contribution >= 4 is 5.97 Å². The van der Waals surface area contributed by atoms with Gasteiger partial charge in [-0.25, -0.2) is 0 Å². The van der Waals surface area contributed by atoms with Crippen molar-refractivity contribution in [3.05, 3.63) is 35.4 Å². The van der Waals surface area contributed by atoms with Crippen LogP contribution < -0.4 is 5.32 Å². The Morgan fingerprint density at radius 2 is 1.94 bits per heavy atom. The Bertz CT molecular complexity index is 393. The molecule has 0 radical (unpaired) electrons. The fourth-order valence-electron chi connectivity index (χ4n) is 2.52. The van der Waals surface area contributed by atoms with Crippen LogP contribution >= 0.6 is 0 Å². The highest BCUT2D eigenvalue weighted by Crippen LogP contribution is 2.25. The van der Waals surface area contributed by atoms with E-state index in [9.17, 15) is 4.79 Å². The molecule has 2 rings (SSSR count). The third-order valence-electron chi connectivity index (χ3n) is 3.75. The standard InChI is InChI=1S/C15H21NO2/c1-11(15(17)18)10-12-2-4-13(5-3-12)14-6-8-16-9-7-14/h2-5,11,14,16H,6-10H2,1H3,(H,17,18). The van der Waals surface area contributed by atoms with Crippen LogP contribution in [0.25, 0.3) is 0 Å². The van der Waals surface area contributed by atoms with Crippen molar-refractivity contribution in [1.82, 2.24) is 5.32 Å². The van der Waals surface area contributed by atoms with Gasteiger partial charge in [-0.3, -0.25) is 4.79 Å². The zero-order chi connectivity index (χ0) is 13.0. The molecule has 18 heavy (non-hydrogen) atoms. The molecule has 1 aromatic carbocycles. The van der Waals surface area contributed by atoms with Crippen molar-refractivity contribution in [3.8, 4) is 0 Å². The summed E-state index contributed by atoms with van der Waals surface area (Å²) in [6.07, 6.45) is 3.01. The topological polar surface area (TPSA) is 49.3 Å². The molecule has 1 unspecified atom stereocenters. The lowest BCUT2D eigenvalue weighted by Gasteiger charge is -2.23. The Morgan fingerprint density at radius 3 is 2.50 bits per heavy atom. The van der Waals surface area contributed by atoms with Gasteiger partial charge in [-0.05, 0) is 49.4 Å². The summed E-state index contributed by atoms with van der Waals surface area (Å²) < 4.78 is 0. The predicted octanol–water partition coefficient (Wildman–Crippen LogP) is 2.42. The minimum atomic E-state index is -0.725. The van der Waals surface area contributed by atoms with E-state index in [0.29, 0.717) is 12.3 Å². The fourth-order valence-corrected chi connectivity index (χ4v) is 2.52. The number of hydrogen-bond acceptors (Lipinski definition) is 2. The first-order valence-corrected chi connectivity index (χ1v) is 6.69. The van der Waals surface area contributed by atoms with Gasteiger partial charge in [0.1, 0.15) is 0 Å². The molecule has 1 aliphatic rings. The van der Waals surface area contributed by atoms with E-state index in [1.807, 2.05) is 0 Å². The van der Waals surface area contributed by atoms with Crippen molar-refractivity contribution in [2.75, 3.05) is 13.1 Å². The molecule has 0 amide bonds. The van der Waals surface area contributed by atoms with Gasteiger partial charge in [0, 0.05) is 0 Å². The number of carboxylic acids is 1. The van der Waals surface area contributed by atoms with Crippen LogP contribution in [0.3, 0.4) is 0 Å². The molecule has 0 bridgehead atoms. The Balaban J connectivity index is 1.98. The van der Waals surface area contributed by atoms with Crippen molar-refractivity contribution in [2.45, 2.75) is 32.1 Å². The monoisotopic (exact) mass is 247 g/mol. The van der Waals surface area contributed by atoms with Gasteiger partial charge in [-0.2, -0.15) is 0 Å². The molecule has 1 aliphatic heterocycles. The fraction of sp³-hybridized carbons (Fsp3) is 0.533. The molecule has 1 aromatic rings. The lowest BCUT2D eigenvalue weighted by atomic mass is 9.89. The van der Waals surface area contributed by atoms with E-state index in [0.717, 1.165) is 18.7 Å². The normalized spacial score (nSPS) is 18.5. The molecule has 1 saturated heterocycles. The van der Waals surface area contributed by atoms with Crippen molar-refractivity contribution in [2.24, 2.45) is 5.92 Å². The number of carbonyl (C=O) groups is 1. The molecule has 0 aromatic heterocycles. The van der Waals surface area contributed by atoms with Crippen LogP contribution in [-0.2, 0) is 11.2 Å². The maximum absolute atomic E-state index is 10.8. The van der Waals surface area contributed by atoms with Crippen molar-refractivity contribution in [3.63, 3.8) is 0 Å². The van der Waals surface area contributed by atoms with E-state index >= 15 is 0 Å². The number of piperidine rings is 1. The molecular formula is C15H21NO2. The van der Waals surface area contributed by atoms with Gasteiger partial charge in [0.2, 0.25) is 0 Å². The summed E-state index contributed by atoms with van der Waals surface area (Å²) in [5.74, 6) is -0.371. The van der Waals surface area contributed by atoms with Crippen LogP contribution in [0.2, 0.25) is 0 Å². The quantitative estimate of drug-likeness (QED) is 0.859. The zero-order valence-electron chi connectivity index (χ0n) is 10.9. The van der Waals surface area contributed by atoms with Crippen LogP contribution in [-0.4, -0.2) is 24.2 Å². The third-order valence-corrected chi connectivity index (χ3v) is 3.75. The van der Waals surface area contributed by atoms with Crippen LogP contribution in [0.5, 0.6) is 0 Å². The Labute approximate surface area is 108 Å². The van der Waals surface area contributed by atoms with E-state index in [4.69, 9.17) is 5.11 Å². The molecule has 3 heteroatoms. The summed E-state index contributed by atoms with van der Waals surface area (Å²) in [5.41, 5.74) is 2.51. The minimum Gasteiger partial charge on any atom is -0.481 e. The SMILES string of the molecule is CC(Cc1ccc(C2CCNCC2)cc1)C(=O)O. The van der Waals surface area contributed by atoms with Gasteiger partial charge in [0.05, 0.1) is 5.92 Å². The molecule has 3 nitrogen and oxygen atoms in total. The van der Waals surface area contributed by atoms with Crippen LogP contribution in [0, 0.1) is 5.92 Å². The number of hydrogen-bond donors (Lipinski definition) is 2. The predicted molar refractivity (Wildman–Crippen MR) is 71.8 cm³/mol. The summed E-state index contributed by atoms with van der Waals surface area (Å²) in [6.45, 7) is 3.95. The summed E-state index contributed by atoms with van der Waals surface area (Å²) in [4.78, 5) is 10.8. The van der Waals surface area contributed by atoms with E-state index < -0.39 is 5.97 Å². The molecule has 1 fully saturated rings. The summed E-state index contributed by atoms with van der Waals surface area (Å²) in [7, 11) is 0. The van der Waals surface area contributed by atoms with E-state index in [1.54, 1.807) is 6.92 Å². The number of benzene rings is 1. The van der Waals surface area contributed by atoms with E-state index in [1.165, 1.54) is 18.4 Å². The first kappa shape index (κ1) is 13.1. The van der Waals surface area contributed by atoms with Crippen molar-refractivity contribution < 1.29 is 9.90 Å². The second-order valence-electron chi connectivity index (χ2n) is 5.21. The highest BCUT2D eigenvalue weighted by molar-refractivity contribution is 5.69. The van der Waals surface area contributed by atoms with Gasteiger partial charge in [0.25, 0.3) is 0 Å². The highest BCUT2D eigenvalue weighted by Gasteiger charge is 2.15. The highest BCUT2D eigenvalue weighted by atomic mass is 16.4. The number of rotatable bonds is 4. The third kappa shape index (κ3) is 3.33. The summed E-state index contributed by atoms with van der Waals surface area (Å²) >= 11 is 0. The maximum atomic E-state index is 10.8. The Morgan fingerprint density at radius 1 is 1.33 bits per heavy atom. The Kier molecular flexibility index (Phi) is 4.37. The summed E-state index contributed by atoms with van der Waals surface area (Å²) in [6, 6.07) is 8.49. The van der Waals surface area contributed by atoms with Crippen LogP contribution in [0.15, 0.2) is 24.3 Å². The van der Waals surface area contributed by atoms with Crippen LogP contribution in [0.1, 0.15) is 36.8 Å². The van der Waals surface area contributed by atoms with Gasteiger partial charge >= 0.3 is 5.97 Å². The van der Waals surface area contributed by atoms with Crippen molar-refractivity contribution in [1.29, 1.82) is 0 Å². The molecule has 0 aliphatic carbocycles. The van der Waals surface area contributed by atoms with Gasteiger partial charge in [-0.1, -0.05) is 31.2 Å². The second kappa shape index (κ2) is 6.01. The van der Waals surface area contributed by atoms with Gasteiger partial charge in [-0.15, -0.1) is 0 Å². The molecular weight excluding hydrogens is 226 g/mol. The molecule has 98 valence electrons. The van der Waals surface area contributed by atoms with Gasteiger partial charge in [0.15, 0.2) is 0 Å². The number of carboxylic acid groups (broad SMARTS) is 1. The zero-order valence-corrected chi connectivity index (χ0v) is 10.9. The minimum absolute atomic E-state index is 0.310. The summed E-state index contributed by atoms with van der Waals surface area (Å²) in [5, 5.41) is 12.3. The average Bonchev–Trinajstić information content (AvgIpc) is 2.40. The van der Waals surface area contributed by atoms with E-state index in [2.05, 4.69) is 29.6 Å². The second-order valence-corrected chi connectivity index (χ2v) is 5.21.